The van der Waals surface area contributed by atoms with Crippen LogP contribution in [0.3, 0.4) is 0 Å². The van der Waals surface area contributed by atoms with Crippen LogP contribution in [-0.4, -0.2) is 36.0 Å². The van der Waals surface area contributed by atoms with Gasteiger partial charge in [0.1, 0.15) is 11.4 Å². The van der Waals surface area contributed by atoms with Gasteiger partial charge in [-0.1, -0.05) is 36.2 Å². The maximum Gasteiger partial charge on any atom is 0.270 e. The number of non-ortho nitro benzene ring substituents is 2. The molecule has 0 bridgehead atoms. The van der Waals surface area contributed by atoms with E-state index in [4.69, 9.17) is 0 Å². The Morgan fingerprint density at radius 2 is 1.23 bits per heavy atom. The van der Waals surface area contributed by atoms with Gasteiger partial charge in [0.15, 0.2) is 0 Å². The van der Waals surface area contributed by atoms with E-state index in [1.807, 2.05) is 67.1 Å². The van der Waals surface area contributed by atoms with Crippen molar-refractivity contribution in [3.05, 3.63) is 85.7 Å². The van der Waals surface area contributed by atoms with Gasteiger partial charge in [0.25, 0.3) is 11.4 Å². The van der Waals surface area contributed by atoms with Crippen molar-refractivity contribution in [3.63, 3.8) is 0 Å². The Balaban J connectivity index is 1.49. The normalized spacial score (nSPS) is 11.3. The number of nitro groups is 2. The lowest BCUT2D eigenvalue weighted by atomic mass is 9.95. The summed E-state index contributed by atoms with van der Waals surface area (Å²) in [6.45, 7) is 12.8. The van der Waals surface area contributed by atoms with E-state index in [9.17, 15) is 20.2 Å². The zero-order chi connectivity index (χ0) is 35.2. The molecule has 48 heavy (non-hydrogen) atoms. The molecule has 0 atom stereocenters. The van der Waals surface area contributed by atoms with Gasteiger partial charge in [-0.05, 0) is 72.4 Å². The average molecular weight is 650 g/mol. The molecule has 2 aromatic carbocycles. The predicted molar refractivity (Wildman–Crippen MR) is 189 cm³/mol. The first-order valence-corrected chi connectivity index (χ1v) is 15.9. The molecule has 0 saturated heterocycles. The zero-order valence-corrected chi connectivity index (χ0v) is 29.0. The molecule has 0 aliphatic carbocycles. The smallest absolute Gasteiger partial charge is 0.270 e. The van der Waals surface area contributed by atoms with Crippen LogP contribution in [0.2, 0.25) is 0 Å². The number of nitrogens with zero attached hydrogens (tertiary/aromatic N) is 6. The highest BCUT2D eigenvalue weighted by Gasteiger charge is 2.20. The van der Waals surface area contributed by atoms with E-state index in [0.717, 1.165) is 41.6 Å². The molecular weight excluding hydrogens is 606 g/mol. The van der Waals surface area contributed by atoms with Crippen molar-refractivity contribution in [2.24, 2.45) is 24.9 Å². The van der Waals surface area contributed by atoms with Crippen molar-refractivity contribution in [1.82, 2.24) is 19.6 Å². The lowest BCUT2D eigenvalue weighted by Gasteiger charge is -2.12. The zero-order valence-electron chi connectivity index (χ0n) is 29.0. The quantitative estimate of drug-likeness (QED) is 0.0755. The van der Waals surface area contributed by atoms with Gasteiger partial charge in [0.2, 0.25) is 0 Å². The van der Waals surface area contributed by atoms with E-state index >= 15 is 0 Å². The lowest BCUT2D eigenvalue weighted by molar-refractivity contribution is -0.385. The van der Waals surface area contributed by atoms with Crippen LogP contribution in [0.1, 0.15) is 77.5 Å². The maximum atomic E-state index is 11.7. The van der Waals surface area contributed by atoms with Crippen molar-refractivity contribution < 1.29 is 9.85 Å². The minimum absolute atomic E-state index is 0.0117. The Bertz CT molecular complexity index is 1810. The van der Waals surface area contributed by atoms with Crippen molar-refractivity contribution in [1.29, 1.82) is 0 Å². The van der Waals surface area contributed by atoms with Crippen LogP contribution < -0.4 is 5.32 Å². The van der Waals surface area contributed by atoms with E-state index in [2.05, 4.69) is 39.2 Å². The van der Waals surface area contributed by atoms with Crippen LogP contribution in [-0.2, 0) is 20.5 Å². The minimum Gasteiger partial charge on any atom is -0.384 e. The predicted octanol–water partition coefficient (Wildman–Crippen LogP) is 7.92. The number of anilines is 1. The number of aromatic nitrogens is 4. The Morgan fingerprint density at radius 1 is 0.729 bits per heavy atom. The Morgan fingerprint density at radius 3 is 1.75 bits per heavy atom. The highest BCUT2D eigenvalue weighted by atomic mass is 16.6. The first kappa shape index (κ1) is 35.4. The van der Waals surface area contributed by atoms with Crippen molar-refractivity contribution in [2.45, 2.75) is 67.2 Å². The largest absolute Gasteiger partial charge is 0.384 e. The summed E-state index contributed by atoms with van der Waals surface area (Å²) in [6.07, 6.45) is 6.96. The molecular formula is C37H43N7O4. The molecule has 4 rings (SSSR count). The summed E-state index contributed by atoms with van der Waals surface area (Å²) >= 11 is 0. The summed E-state index contributed by atoms with van der Waals surface area (Å²) in [4.78, 5) is 22.5. The fourth-order valence-corrected chi connectivity index (χ4v) is 5.02. The monoisotopic (exact) mass is 649 g/mol. The molecule has 0 fully saturated rings. The number of nitro benzene ring substituents is 2. The van der Waals surface area contributed by atoms with Gasteiger partial charge in [-0.3, -0.25) is 29.6 Å². The summed E-state index contributed by atoms with van der Waals surface area (Å²) in [5, 5.41) is 36.0. The number of nitrogens with one attached hydrogen (secondary N) is 1. The van der Waals surface area contributed by atoms with E-state index in [1.165, 1.54) is 12.1 Å². The molecule has 0 unspecified atom stereocenters. The van der Waals surface area contributed by atoms with E-state index < -0.39 is 4.92 Å². The van der Waals surface area contributed by atoms with Crippen LogP contribution in [0.4, 0.5) is 17.1 Å². The summed E-state index contributed by atoms with van der Waals surface area (Å²) in [7, 11) is 3.63. The van der Waals surface area contributed by atoms with Crippen LogP contribution >= 0.6 is 0 Å². The molecule has 2 heterocycles. The number of unbranched alkanes of at least 4 members (excludes halogenated alkanes) is 2. The first-order chi connectivity index (χ1) is 22.5. The van der Waals surface area contributed by atoms with Crippen molar-refractivity contribution in [2.75, 3.05) is 11.9 Å². The Kier molecular flexibility index (Phi) is 10.7. The second-order valence-corrected chi connectivity index (χ2v) is 14.0. The number of benzene rings is 2. The molecule has 0 amide bonds. The van der Waals surface area contributed by atoms with Crippen molar-refractivity contribution >= 4 is 17.1 Å². The van der Waals surface area contributed by atoms with Gasteiger partial charge in [-0.25, -0.2) is 0 Å². The molecule has 11 heteroatoms. The minimum atomic E-state index is -0.408. The Labute approximate surface area is 282 Å². The standard InChI is InChI=1S/C37H43N7O4/c1-36(2,3)19-17-27-24-41(7)39-34(27)31-22-29(43(45)46)14-13-26(31)12-10-9-11-21-38-33-16-15-30(44(47)48)23-32(33)35-28(25-42(8)40-35)18-20-37(4,5)6/h13-16,22-25,38H,9-12,21H2,1-8H3. The van der Waals surface area contributed by atoms with Gasteiger partial charge in [-0.15, -0.1) is 0 Å². The molecule has 0 saturated carbocycles. The fourth-order valence-electron chi connectivity index (χ4n) is 5.02. The molecule has 0 aliphatic rings. The van der Waals surface area contributed by atoms with E-state index in [-0.39, 0.29) is 27.1 Å². The number of hydrogen-bond acceptors (Lipinski definition) is 7. The van der Waals surface area contributed by atoms with Gasteiger partial charge in [0, 0.05) is 84.9 Å². The molecule has 250 valence electrons. The second-order valence-electron chi connectivity index (χ2n) is 14.0. The lowest BCUT2D eigenvalue weighted by Crippen LogP contribution is -2.05. The highest BCUT2D eigenvalue weighted by molar-refractivity contribution is 5.81. The van der Waals surface area contributed by atoms with Crippen LogP contribution in [0.25, 0.3) is 22.5 Å². The molecule has 11 nitrogen and oxygen atoms in total. The summed E-state index contributed by atoms with van der Waals surface area (Å²) in [5.41, 5.74) is 5.30. The number of hydrogen-bond donors (Lipinski definition) is 1. The summed E-state index contributed by atoms with van der Waals surface area (Å²) in [6, 6.07) is 9.70. The SMILES string of the molecule is Cn1cc(C#CC(C)(C)C)c(-c2cc([N+](=O)[O-])ccc2CCCCCNc2ccc([N+](=O)[O-])cc2-c2nn(C)cc2C#CC(C)(C)C)n1. The summed E-state index contributed by atoms with van der Waals surface area (Å²) < 4.78 is 3.36. The van der Waals surface area contributed by atoms with E-state index in [0.29, 0.717) is 35.5 Å². The maximum absolute atomic E-state index is 11.7. The van der Waals surface area contributed by atoms with Crippen molar-refractivity contribution in [3.8, 4) is 46.2 Å². The average Bonchev–Trinajstić information content (AvgIpc) is 3.57. The van der Waals surface area contributed by atoms with Crippen LogP contribution in [0, 0.1) is 54.7 Å². The topological polar surface area (TPSA) is 134 Å². The highest BCUT2D eigenvalue weighted by Crippen LogP contribution is 2.34. The third-order valence-corrected chi connectivity index (χ3v) is 7.27. The molecule has 4 aromatic rings. The summed E-state index contributed by atoms with van der Waals surface area (Å²) in [5.74, 6) is 12.9. The van der Waals surface area contributed by atoms with Crippen LogP contribution in [0.15, 0.2) is 48.8 Å². The number of rotatable bonds is 11. The second kappa shape index (κ2) is 14.6. The third kappa shape index (κ3) is 9.55. The van der Waals surface area contributed by atoms with Crippen LogP contribution in [0.5, 0.6) is 0 Å². The number of aryl methyl sites for hydroxylation is 3. The van der Waals surface area contributed by atoms with E-state index in [1.54, 1.807) is 34.6 Å². The fraction of sp³-hybridized carbons (Fsp3) is 0.405. The Hall–Kier alpha value is -5.42. The molecule has 0 aliphatic heterocycles. The molecule has 2 aromatic heterocycles. The van der Waals surface area contributed by atoms with Gasteiger partial charge < -0.3 is 5.32 Å². The van der Waals surface area contributed by atoms with Gasteiger partial charge >= 0.3 is 0 Å². The molecule has 0 radical (unpaired) electrons. The van der Waals surface area contributed by atoms with Gasteiger partial charge in [0.05, 0.1) is 21.0 Å². The molecule has 1 N–H and O–H groups in total. The first-order valence-electron chi connectivity index (χ1n) is 15.9. The van der Waals surface area contributed by atoms with Gasteiger partial charge in [-0.2, -0.15) is 10.2 Å². The third-order valence-electron chi connectivity index (χ3n) is 7.27. The molecule has 0 spiro atoms.